The minimum absolute atomic E-state index is 0.0679. The summed E-state index contributed by atoms with van der Waals surface area (Å²) in [6.45, 7) is 6.58. The van der Waals surface area contributed by atoms with Crippen molar-refractivity contribution in [2.75, 3.05) is 0 Å². The molecule has 0 saturated carbocycles. The van der Waals surface area contributed by atoms with Crippen LogP contribution in [0.3, 0.4) is 0 Å². The minimum Gasteiger partial charge on any atom is -0.404 e. The van der Waals surface area contributed by atoms with Gasteiger partial charge in [0.25, 0.3) is 5.56 Å². The molecule has 0 saturated heterocycles. The standard InChI is InChI=1S/C12H3F5N2O3/c1-18-7-2-6(14)8(3-5(7)13)19-10(20)4-9(12(15,16)17)22-11(19)21/h2-4H. The third kappa shape index (κ3) is 2.60. The van der Waals surface area contributed by atoms with Crippen molar-refractivity contribution < 1.29 is 26.4 Å². The van der Waals surface area contributed by atoms with Gasteiger partial charge in [-0.25, -0.2) is 23.0 Å². The fraction of sp³-hybridized carbons (Fsp3) is 0.0833. The zero-order chi connectivity index (χ0) is 16.7. The van der Waals surface area contributed by atoms with Crippen molar-refractivity contribution >= 4 is 5.69 Å². The number of aromatic nitrogens is 1. The average Bonchev–Trinajstić information content (AvgIpc) is 2.40. The lowest BCUT2D eigenvalue weighted by molar-refractivity contribution is -0.155. The number of hydrogen-bond acceptors (Lipinski definition) is 3. The summed E-state index contributed by atoms with van der Waals surface area (Å²) in [6, 6.07) is 0.678. The summed E-state index contributed by atoms with van der Waals surface area (Å²) in [5.74, 6) is -6.30. The first kappa shape index (κ1) is 15.4. The van der Waals surface area contributed by atoms with Crippen molar-refractivity contribution in [1.82, 2.24) is 4.57 Å². The van der Waals surface area contributed by atoms with Crippen molar-refractivity contribution in [2.24, 2.45) is 0 Å². The molecule has 0 amide bonds. The molecule has 0 aliphatic heterocycles. The second kappa shape index (κ2) is 5.10. The van der Waals surface area contributed by atoms with E-state index in [1.807, 2.05) is 0 Å². The molecule has 1 aromatic heterocycles. The molecule has 2 aromatic rings. The molecule has 0 N–H and O–H groups in total. The molecule has 0 unspecified atom stereocenters. The molecule has 0 radical (unpaired) electrons. The first-order chi connectivity index (χ1) is 10.1. The molecular formula is C12H3F5N2O3. The van der Waals surface area contributed by atoms with Crippen molar-refractivity contribution in [2.45, 2.75) is 6.18 Å². The number of benzene rings is 1. The monoisotopic (exact) mass is 318 g/mol. The Kier molecular flexibility index (Phi) is 3.58. The van der Waals surface area contributed by atoms with Crippen LogP contribution in [-0.2, 0) is 6.18 Å². The summed E-state index contributed by atoms with van der Waals surface area (Å²) < 4.78 is 68.1. The van der Waals surface area contributed by atoms with E-state index in [-0.39, 0.29) is 10.6 Å². The van der Waals surface area contributed by atoms with Gasteiger partial charge in [0, 0.05) is 0 Å². The fourth-order valence-corrected chi connectivity index (χ4v) is 1.58. The van der Waals surface area contributed by atoms with Gasteiger partial charge in [-0.3, -0.25) is 4.79 Å². The largest absolute Gasteiger partial charge is 0.449 e. The third-order valence-electron chi connectivity index (χ3n) is 2.51. The van der Waals surface area contributed by atoms with Crippen LogP contribution in [0.1, 0.15) is 5.76 Å². The molecule has 22 heavy (non-hydrogen) atoms. The number of hydrogen-bond donors (Lipinski definition) is 0. The Morgan fingerprint density at radius 3 is 2.23 bits per heavy atom. The van der Waals surface area contributed by atoms with Gasteiger partial charge < -0.3 is 4.42 Å². The van der Waals surface area contributed by atoms with Crippen molar-refractivity contribution in [3.63, 3.8) is 0 Å². The highest BCUT2D eigenvalue weighted by molar-refractivity contribution is 5.51. The Hall–Kier alpha value is -2.96. The second-order valence-electron chi connectivity index (χ2n) is 3.91. The van der Waals surface area contributed by atoms with Crippen LogP contribution in [0.25, 0.3) is 10.5 Å². The summed E-state index contributed by atoms with van der Waals surface area (Å²) in [5.41, 5.74) is -3.24. The first-order valence-electron chi connectivity index (χ1n) is 5.36. The molecule has 0 bridgehead atoms. The van der Waals surface area contributed by atoms with E-state index in [0.717, 1.165) is 0 Å². The van der Waals surface area contributed by atoms with Crippen LogP contribution in [0.2, 0.25) is 0 Å². The number of nitrogens with zero attached hydrogens (tertiary/aromatic N) is 2. The van der Waals surface area contributed by atoms with Crippen LogP contribution < -0.4 is 11.3 Å². The molecule has 1 aromatic carbocycles. The molecule has 0 fully saturated rings. The predicted molar refractivity (Wildman–Crippen MR) is 61.8 cm³/mol. The number of halogens is 5. The lowest BCUT2D eigenvalue weighted by Gasteiger charge is -2.08. The maximum absolute atomic E-state index is 13.7. The quantitative estimate of drug-likeness (QED) is 0.600. The van der Waals surface area contributed by atoms with Crippen LogP contribution >= 0.6 is 0 Å². The molecule has 0 aliphatic rings. The average molecular weight is 318 g/mol. The van der Waals surface area contributed by atoms with Gasteiger partial charge in [-0.05, 0) is 12.1 Å². The van der Waals surface area contributed by atoms with Crippen LogP contribution in [0, 0.1) is 18.2 Å². The second-order valence-corrected chi connectivity index (χ2v) is 3.91. The fourth-order valence-electron chi connectivity index (χ4n) is 1.58. The summed E-state index contributed by atoms with van der Waals surface area (Å²) >= 11 is 0. The normalized spacial score (nSPS) is 11.3. The van der Waals surface area contributed by atoms with Gasteiger partial charge in [-0.1, -0.05) is 0 Å². The van der Waals surface area contributed by atoms with Crippen molar-refractivity contribution in [1.29, 1.82) is 0 Å². The van der Waals surface area contributed by atoms with Gasteiger partial charge in [-0.2, -0.15) is 13.2 Å². The molecule has 5 nitrogen and oxygen atoms in total. The van der Waals surface area contributed by atoms with Gasteiger partial charge in [0.05, 0.1) is 18.3 Å². The topological polar surface area (TPSA) is 56.6 Å². The highest BCUT2D eigenvalue weighted by atomic mass is 19.4. The van der Waals surface area contributed by atoms with Gasteiger partial charge >= 0.3 is 11.9 Å². The van der Waals surface area contributed by atoms with Gasteiger partial charge in [0.15, 0.2) is 0 Å². The highest BCUT2D eigenvalue weighted by Crippen LogP contribution is 2.27. The summed E-state index contributed by atoms with van der Waals surface area (Å²) in [6.07, 6.45) is -5.09. The van der Waals surface area contributed by atoms with E-state index in [2.05, 4.69) is 9.26 Å². The van der Waals surface area contributed by atoms with Crippen molar-refractivity contribution in [3.8, 4) is 5.69 Å². The van der Waals surface area contributed by atoms with Gasteiger partial charge in [-0.15, -0.1) is 0 Å². The van der Waals surface area contributed by atoms with Gasteiger partial charge in [0.2, 0.25) is 11.4 Å². The van der Waals surface area contributed by atoms with E-state index < -0.39 is 46.3 Å². The van der Waals surface area contributed by atoms with Crippen molar-refractivity contribution in [3.05, 3.63) is 67.9 Å². The zero-order valence-corrected chi connectivity index (χ0v) is 10.2. The maximum atomic E-state index is 13.7. The highest BCUT2D eigenvalue weighted by Gasteiger charge is 2.35. The summed E-state index contributed by atoms with van der Waals surface area (Å²) in [7, 11) is 0. The summed E-state index contributed by atoms with van der Waals surface area (Å²) in [4.78, 5) is 25.7. The smallest absolute Gasteiger partial charge is 0.404 e. The Bertz CT molecular complexity index is 874. The number of alkyl halides is 3. The Morgan fingerprint density at radius 2 is 1.73 bits per heavy atom. The Morgan fingerprint density at radius 1 is 1.09 bits per heavy atom. The van der Waals surface area contributed by atoms with Crippen LogP contribution in [0.15, 0.2) is 32.2 Å². The van der Waals surface area contributed by atoms with E-state index >= 15 is 0 Å². The van der Waals surface area contributed by atoms with Crippen LogP contribution in [-0.4, -0.2) is 4.57 Å². The molecule has 0 atom stereocenters. The lowest BCUT2D eigenvalue weighted by Crippen LogP contribution is -2.33. The minimum atomic E-state index is -5.09. The number of rotatable bonds is 1. The summed E-state index contributed by atoms with van der Waals surface area (Å²) in [5, 5.41) is 0. The predicted octanol–water partition coefficient (Wildman–Crippen LogP) is 2.64. The maximum Gasteiger partial charge on any atom is 0.449 e. The Labute approximate surface area is 117 Å². The Balaban J connectivity index is 2.76. The van der Waals surface area contributed by atoms with E-state index in [9.17, 15) is 31.5 Å². The van der Waals surface area contributed by atoms with Gasteiger partial charge in [0.1, 0.15) is 11.6 Å². The van der Waals surface area contributed by atoms with E-state index in [1.165, 1.54) is 0 Å². The SMILES string of the molecule is [C-]#[N+]c1cc(F)c(-n2c(=O)cc(C(F)(F)F)oc2=O)cc1F. The van der Waals surface area contributed by atoms with E-state index in [4.69, 9.17) is 6.57 Å². The molecule has 0 spiro atoms. The van der Waals surface area contributed by atoms with E-state index in [1.54, 1.807) is 0 Å². The first-order valence-corrected chi connectivity index (χ1v) is 5.36. The van der Waals surface area contributed by atoms with E-state index in [0.29, 0.717) is 12.1 Å². The molecule has 114 valence electrons. The van der Waals surface area contributed by atoms with Crippen LogP contribution in [0.5, 0.6) is 0 Å². The molecule has 10 heteroatoms. The lowest BCUT2D eigenvalue weighted by atomic mass is 10.2. The zero-order valence-electron chi connectivity index (χ0n) is 10.2. The molecule has 0 aliphatic carbocycles. The molecule has 1 heterocycles. The van der Waals surface area contributed by atoms with Crippen LogP contribution in [0.4, 0.5) is 27.6 Å². The molecular weight excluding hydrogens is 315 g/mol. The molecule has 2 rings (SSSR count). The third-order valence-corrected chi connectivity index (χ3v) is 2.51.